The Kier molecular flexibility index (Phi) is 5.46. The summed E-state index contributed by atoms with van der Waals surface area (Å²) >= 11 is 1.63. The zero-order valence-corrected chi connectivity index (χ0v) is 15.1. The van der Waals surface area contributed by atoms with Gasteiger partial charge >= 0.3 is 0 Å². The molecule has 4 heteroatoms. The molecule has 1 aliphatic rings. The molecule has 0 aromatic heterocycles. The van der Waals surface area contributed by atoms with Gasteiger partial charge in [-0.25, -0.2) is 0 Å². The molecule has 0 saturated carbocycles. The van der Waals surface area contributed by atoms with E-state index in [4.69, 9.17) is 0 Å². The van der Waals surface area contributed by atoms with Crippen LogP contribution in [0.3, 0.4) is 0 Å². The summed E-state index contributed by atoms with van der Waals surface area (Å²) in [5.74, 6) is 0.652. The number of rotatable bonds is 5. The second-order valence-electron chi connectivity index (χ2n) is 6.32. The number of nitrogens with zero attached hydrogens (tertiary/aromatic N) is 2. The van der Waals surface area contributed by atoms with E-state index in [1.54, 1.807) is 11.8 Å². The molecule has 0 spiro atoms. The van der Waals surface area contributed by atoms with Gasteiger partial charge in [-0.3, -0.25) is 4.79 Å². The van der Waals surface area contributed by atoms with Gasteiger partial charge in [0.2, 0.25) is 0 Å². The van der Waals surface area contributed by atoms with Gasteiger partial charge in [0.25, 0.3) is 5.91 Å². The van der Waals surface area contributed by atoms with Crippen molar-refractivity contribution in [3.8, 4) is 0 Å². The molecule has 0 aliphatic carbocycles. The highest BCUT2D eigenvalue weighted by molar-refractivity contribution is 7.98. The molecule has 3 nitrogen and oxygen atoms in total. The van der Waals surface area contributed by atoms with Gasteiger partial charge in [0.1, 0.15) is 0 Å². The van der Waals surface area contributed by atoms with Crippen molar-refractivity contribution in [3.63, 3.8) is 0 Å². The van der Waals surface area contributed by atoms with Crippen LogP contribution in [0.1, 0.15) is 16.8 Å². The molecule has 1 saturated heterocycles. The molecule has 126 valence electrons. The van der Waals surface area contributed by atoms with Crippen molar-refractivity contribution in [3.05, 3.63) is 60.2 Å². The van der Waals surface area contributed by atoms with Crippen LogP contribution in [0.15, 0.2) is 59.5 Å². The van der Waals surface area contributed by atoms with Crippen LogP contribution < -0.4 is 4.90 Å². The first-order chi connectivity index (χ1) is 11.7. The van der Waals surface area contributed by atoms with Crippen molar-refractivity contribution in [2.75, 3.05) is 37.8 Å². The van der Waals surface area contributed by atoms with Gasteiger partial charge in [0.05, 0.1) is 5.56 Å². The van der Waals surface area contributed by atoms with Crippen molar-refractivity contribution in [2.45, 2.75) is 11.3 Å². The number of thioether (sulfide) groups is 1. The average molecular weight is 340 g/mol. The quantitative estimate of drug-likeness (QED) is 0.769. The highest BCUT2D eigenvalue weighted by atomic mass is 32.2. The first kappa shape index (κ1) is 16.9. The van der Waals surface area contributed by atoms with Crippen LogP contribution >= 0.6 is 11.8 Å². The summed E-state index contributed by atoms with van der Waals surface area (Å²) in [5.41, 5.74) is 2.09. The molecular weight excluding hydrogens is 316 g/mol. The first-order valence-corrected chi connectivity index (χ1v) is 9.60. The minimum atomic E-state index is 0.123. The van der Waals surface area contributed by atoms with Gasteiger partial charge in [0, 0.05) is 37.3 Å². The van der Waals surface area contributed by atoms with Crippen molar-refractivity contribution in [1.82, 2.24) is 4.90 Å². The van der Waals surface area contributed by atoms with Gasteiger partial charge in [-0.15, -0.1) is 11.8 Å². The summed E-state index contributed by atoms with van der Waals surface area (Å²) in [7, 11) is 1.92. The number of anilines is 1. The smallest absolute Gasteiger partial charge is 0.254 e. The van der Waals surface area contributed by atoms with E-state index < -0.39 is 0 Å². The minimum absolute atomic E-state index is 0.123. The van der Waals surface area contributed by atoms with Crippen molar-refractivity contribution in [1.29, 1.82) is 0 Å². The zero-order chi connectivity index (χ0) is 16.9. The maximum absolute atomic E-state index is 12.8. The summed E-state index contributed by atoms with van der Waals surface area (Å²) in [6.45, 7) is 2.90. The Bertz CT molecular complexity index is 689. The Morgan fingerprint density at radius 1 is 1.17 bits per heavy atom. The summed E-state index contributed by atoms with van der Waals surface area (Å²) in [4.78, 5) is 18.1. The molecule has 1 heterocycles. The summed E-state index contributed by atoms with van der Waals surface area (Å²) < 4.78 is 0. The van der Waals surface area contributed by atoms with E-state index in [1.165, 1.54) is 5.69 Å². The van der Waals surface area contributed by atoms with Crippen LogP contribution in [-0.2, 0) is 0 Å². The number of benzene rings is 2. The third kappa shape index (κ3) is 3.75. The lowest BCUT2D eigenvalue weighted by molar-refractivity contribution is 0.0773. The van der Waals surface area contributed by atoms with Gasteiger partial charge in [0.15, 0.2) is 0 Å². The third-order valence-corrected chi connectivity index (χ3v) is 5.42. The van der Waals surface area contributed by atoms with Crippen LogP contribution in [0, 0.1) is 5.92 Å². The summed E-state index contributed by atoms with van der Waals surface area (Å²) in [6, 6.07) is 18.4. The normalized spacial score (nSPS) is 17.1. The Labute approximate surface area is 148 Å². The minimum Gasteiger partial charge on any atom is -0.371 e. The fraction of sp³-hybridized carbons (Fsp3) is 0.350. The van der Waals surface area contributed by atoms with Crippen LogP contribution in [0.2, 0.25) is 0 Å². The molecule has 0 radical (unpaired) electrons. The molecule has 2 aromatic carbocycles. The molecule has 1 amide bonds. The Balaban J connectivity index is 1.61. The van der Waals surface area contributed by atoms with Crippen LogP contribution in [-0.4, -0.2) is 43.7 Å². The molecule has 3 rings (SSSR count). The number of hydrogen-bond acceptors (Lipinski definition) is 3. The highest BCUT2D eigenvalue weighted by Crippen LogP contribution is 2.25. The Morgan fingerprint density at radius 2 is 1.88 bits per heavy atom. The molecule has 0 N–H and O–H groups in total. The zero-order valence-electron chi connectivity index (χ0n) is 14.3. The van der Waals surface area contributed by atoms with Crippen molar-refractivity contribution >= 4 is 23.4 Å². The lowest BCUT2D eigenvalue weighted by Crippen LogP contribution is -2.33. The predicted octanol–water partition coefficient (Wildman–Crippen LogP) is 4.01. The average Bonchev–Trinajstić information content (AvgIpc) is 3.10. The number of carbonyl (C=O) groups excluding carboxylic acids is 1. The van der Waals surface area contributed by atoms with Crippen LogP contribution in [0.25, 0.3) is 0 Å². The molecular formula is C20H24N2OS. The summed E-state index contributed by atoms with van der Waals surface area (Å²) in [5, 5.41) is 0. The van der Waals surface area contributed by atoms with E-state index in [2.05, 4.69) is 29.2 Å². The van der Waals surface area contributed by atoms with Gasteiger partial charge in [-0.05, 0) is 42.9 Å². The first-order valence-electron chi connectivity index (χ1n) is 8.37. The number of amides is 1. The molecule has 1 atom stereocenters. The second kappa shape index (κ2) is 7.75. The number of para-hydroxylation sites is 1. The van der Waals surface area contributed by atoms with Gasteiger partial charge < -0.3 is 9.80 Å². The molecule has 0 bridgehead atoms. The van der Waals surface area contributed by atoms with Gasteiger partial charge in [-0.2, -0.15) is 0 Å². The van der Waals surface area contributed by atoms with E-state index in [-0.39, 0.29) is 5.91 Å². The topological polar surface area (TPSA) is 23.6 Å². The Morgan fingerprint density at radius 3 is 2.62 bits per heavy atom. The maximum Gasteiger partial charge on any atom is 0.254 e. The van der Waals surface area contributed by atoms with E-state index in [0.717, 1.165) is 36.5 Å². The maximum atomic E-state index is 12.8. The van der Waals surface area contributed by atoms with Crippen molar-refractivity contribution < 1.29 is 4.79 Å². The molecule has 1 unspecified atom stereocenters. The molecule has 2 aromatic rings. The summed E-state index contributed by atoms with van der Waals surface area (Å²) in [6.07, 6.45) is 3.15. The van der Waals surface area contributed by atoms with Crippen LogP contribution in [0.5, 0.6) is 0 Å². The Hall–Kier alpha value is -1.94. The monoisotopic (exact) mass is 340 g/mol. The molecule has 24 heavy (non-hydrogen) atoms. The lowest BCUT2D eigenvalue weighted by Gasteiger charge is -2.23. The van der Waals surface area contributed by atoms with Gasteiger partial charge in [-0.1, -0.05) is 30.3 Å². The largest absolute Gasteiger partial charge is 0.371 e. The lowest BCUT2D eigenvalue weighted by atomic mass is 10.1. The molecule has 1 aliphatic heterocycles. The predicted molar refractivity (Wildman–Crippen MR) is 102 cm³/mol. The standard InChI is InChI=1S/C20H24N2OS/c1-21(20(23)18-10-6-7-11-19(18)24-2)14-16-12-13-22(15-16)17-8-4-3-5-9-17/h3-11,16H,12-15H2,1-2H3. The van der Waals surface area contributed by atoms with E-state index in [0.29, 0.717) is 5.92 Å². The second-order valence-corrected chi connectivity index (χ2v) is 7.17. The third-order valence-electron chi connectivity index (χ3n) is 4.62. The highest BCUT2D eigenvalue weighted by Gasteiger charge is 2.26. The molecule has 1 fully saturated rings. The van der Waals surface area contributed by atoms with E-state index in [1.807, 2.05) is 48.5 Å². The SMILES string of the molecule is CSc1ccccc1C(=O)N(C)CC1CCN(c2ccccc2)C1. The van der Waals surface area contributed by atoms with Crippen LogP contribution in [0.4, 0.5) is 5.69 Å². The van der Waals surface area contributed by atoms with Crippen molar-refractivity contribution in [2.24, 2.45) is 5.92 Å². The number of hydrogen-bond donors (Lipinski definition) is 0. The fourth-order valence-electron chi connectivity index (χ4n) is 3.35. The number of carbonyl (C=O) groups is 1. The fourth-order valence-corrected chi connectivity index (χ4v) is 3.94. The van der Waals surface area contributed by atoms with E-state index >= 15 is 0 Å². The van der Waals surface area contributed by atoms with E-state index in [9.17, 15) is 4.79 Å².